The smallest absolute Gasteiger partial charge is 0.248 e. The number of thiazole rings is 1. The molecule has 0 bridgehead atoms. The molecule has 5 aromatic rings. The molecule has 5 rings (SSSR count). The number of rotatable bonds is 5. The van der Waals surface area contributed by atoms with Gasteiger partial charge in [0.1, 0.15) is 16.5 Å². The van der Waals surface area contributed by atoms with E-state index in [9.17, 15) is 4.79 Å². The first kappa shape index (κ1) is 22.7. The number of para-hydroxylation sites is 1. The molecule has 168 valence electrons. The largest absolute Gasteiger partial charge is 0.457 e. The van der Waals surface area contributed by atoms with E-state index in [-0.39, 0.29) is 5.91 Å². The van der Waals surface area contributed by atoms with Crippen LogP contribution in [0.3, 0.4) is 0 Å². The summed E-state index contributed by atoms with van der Waals surface area (Å²) in [5.74, 6) is 0.783. The molecule has 0 fully saturated rings. The van der Waals surface area contributed by atoms with E-state index in [1.54, 1.807) is 59.9 Å². The Hall–Kier alpha value is -3.09. The number of furan rings is 1. The fourth-order valence-electron chi connectivity index (χ4n) is 3.37. The molecule has 0 radical (unpaired) electrons. The second-order valence-electron chi connectivity index (χ2n) is 7.33. The minimum atomic E-state index is -0.314. The Kier molecular flexibility index (Phi) is 6.44. The van der Waals surface area contributed by atoms with Crippen LogP contribution in [0.5, 0.6) is 0 Å². The van der Waals surface area contributed by atoms with Crippen molar-refractivity contribution in [1.82, 2.24) is 4.98 Å². The SMILES string of the molecule is O=C(/C=C/c1ccc(-c2ccc(Cl)cc2Cl)o1)Nc1ccc(-c2nc3ccccc3s2)c(Cl)c1. The summed E-state index contributed by atoms with van der Waals surface area (Å²) in [6.45, 7) is 0. The minimum Gasteiger partial charge on any atom is -0.457 e. The summed E-state index contributed by atoms with van der Waals surface area (Å²) in [5, 5.41) is 5.18. The molecule has 1 N–H and O–H groups in total. The second kappa shape index (κ2) is 9.65. The topological polar surface area (TPSA) is 55.1 Å². The normalized spacial score (nSPS) is 11.4. The molecule has 0 saturated heterocycles. The Morgan fingerprint density at radius 2 is 1.71 bits per heavy atom. The van der Waals surface area contributed by atoms with E-state index in [0.717, 1.165) is 26.4 Å². The molecule has 2 aromatic heterocycles. The number of hydrogen-bond donors (Lipinski definition) is 1. The maximum atomic E-state index is 12.4. The van der Waals surface area contributed by atoms with Crippen LogP contribution >= 0.6 is 46.1 Å². The van der Waals surface area contributed by atoms with Crippen LogP contribution in [0.1, 0.15) is 5.76 Å². The number of aromatic nitrogens is 1. The highest BCUT2D eigenvalue weighted by atomic mass is 35.5. The summed E-state index contributed by atoms with van der Waals surface area (Å²) in [5.41, 5.74) is 3.05. The first-order chi connectivity index (χ1) is 16.5. The summed E-state index contributed by atoms with van der Waals surface area (Å²) in [6, 6.07) is 22.0. The average molecular weight is 526 g/mol. The van der Waals surface area contributed by atoms with Gasteiger partial charge >= 0.3 is 0 Å². The lowest BCUT2D eigenvalue weighted by Gasteiger charge is -2.05. The highest BCUT2D eigenvalue weighted by Crippen LogP contribution is 2.36. The first-order valence-corrected chi connectivity index (χ1v) is 12.1. The van der Waals surface area contributed by atoms with E-state index in [2.05, 4.69) is 10.3 Å². The molecule has 0 unspecified atom stereocenters. The van der Waals surface area contributed by atoms with Crippen molar-refractivity contribution < 1.29 is 9.21 Å². The second-order valence-corrected chi connectivity index (χ2v) is 9.61. The number of nitrogens with one attached hydrogen (secondary N) is 1. The van der Waals surface area contributed by atoms with Gasteiger partial charge in [-0.15, -0.1) is 11.3 Å². The Labute approximate surface area is 214 Å². The zero-order chi connectivity index (χ0) is 23.7. The standard InChI is InChI=1S/C26H15Cl3N2O2S/c27-15-5-9-18(20(28)13-15)23-11-7-17(33-23)8-12-25(32)30-16-6-10-19(21(29)14-16)26-31-22-3-1-2-4-24(22)34-26/h1-14H,(H,30,32)/b12-8+. The van der Waals surface area contributed by atoms with Gasteiger partial charge in [-0.1, -0.05) is 46.9 Å². The lowest BCUT2D eigenvalue weighted by molar-refractivity contribution is -0.111. The molecule has 3 aromatic carbocycles. The number of anilines is 1. The van der Waals surface area contributed by atoms with Crippen LogP contribution in [0, 0.1) is 0 Å². The summed E-state index contributed by atoms with van der Waals surface area (Å²) < 4.78 is 6.87. The predicted octanol–water partition coefficient (Wildman–Crippen LogP) is 8.84. The number of benzene rings is 3. The molecular weight excluding hydrogens is 511 g/mol. The van der Waals surface area contributed by atoms with Gasteiger partial charge in [-0.2, -0.15) is 0 Å². The number of nitrogens with zero attached hydrogens (tertiary/aromatic N) is 1. The van der Waals surface area contributed by atoms with E-state index in [0.29, 0.717) is 32.3 Å². The predicted molar refractivity (Wildman–Crippen MR) is 142 cm³/mol. The molecule has 8 heteroatoms. The van der Waals surface area contributed by atoms with Gasteiger partial charge in [-0.3, -0.25) is 4.79 Å². The number of carbonyl (C=O) groups excluding carboxylic acids is 1. The maximum absolute atomic E-state index is 12.4. The van der Waals surface area contributed by atoms with Crippen LogP contribution < -0.4 is 5.32 Å². The molecule has 34 heavy (non-hydrogen) atoms. The fourth-order valence-corrected chi connectivity index (χ4v) is 5.20. The van der Waals surface area contributed by atoms with Gasteiger partial charge in [0.05, 0.1) is 20.3 Å². The van der Waals surface area contributed by atoms with Crippen molar-refractivity contribution in [3.8, 4) is 21.9 Å². The number of hydrogen-bond acceptors (Lipinski definition) is 4. The summed E-state index contributed by atoms with van der Waals surface area (Å²) >= 11 is 20.2. The van der Waals surface area contributed by atoms with Crippen LogP contribution in [-0.4, -0.2) is 10.9 Å². The lowest BCUT2D eigenvalue weighted by Crippen LogP contribution is -2.07. The average Bonchev–Trinajstić information content (AvgIpc) is 3.45. The molecule has 0 aliphatic carbocycles. The van der Waals surface area contributed by atoms with Gasteiger partial charge in [0.2, 0.25) is 5.91 Å². The number of fused-ring (bicyclic) bond motifs is 1. The van der Waals surface area contributed by atoms with Gasteiger partial charge in [0.25, 0.3) is 0 Å². The number of halogens is 3. The summed E-state index contributed by atoms with van der Waals surface area (Å²) in [6.07, 6.45) is 2.97. The van der Waals surface area contributed by atoms with Crippen LogP contribution in [0.15, 0.2) is 83.3 Å². The van der Waals surface area contributed by atoms with Gasteiger partial charge in [0.15, 0.2) is 0 Å². The Morgan fingerprint density at radius 1 is 0.912 bits per heavy atom. The number of amides is 1. The van der Waals surface area contributed by atoms with E-state index in [1.165, 1.54) is 6.08 Å². The quantitative estimate of drug-likeness (QED) is 0.233. The fraction of sp³-hybridized carbons (Fsp3) is 0. The molecule has 1 amide bonds. The van der Waals surface area contributed by atoms with Crippen LogP contribution in [0.2, 0.25) is 15.1 Å². The molecule has 0 atom stereocenters. The molecule has 0 saturated carbocycles. The van der Waals surface area contributed by atoms with Gasteiger partial charge in [-0.25, -0.2) is 4.98 Å². The van der Waals surface area contributed by atoms with Crippen molar-refractivity contribution in [2.75, 3.05) is 5.32 Å². The lowest BCUT2D eigenvalue weighted by atomic mass is 10.2. The van der Waals surface area contributed by atoms with Crippen molar-refractivity contribution >= 4 is 74.0 Å². The molecule has 0 aliphatic heterocycles. The highest BCUT2D eigenvalue weighted by Gasteiger charge is 2.12. The zero-order valence-electron chi connectivity index (χ0n) is 17.4. The summed E-state index contributed by atoms with van der Waals surface area (Å²) in [7, 11) is 0. The van der Waals surface area contributed by atoms with Crippen molar-refractivity contribution in [1.29, 1.82) is 0 Å². The molecule has 0 aliphatic rings. The third-order valence-electron chi connectivity index (χ3n) is 4.98. The van der Waals surface area contributed by atoms with Crippen molar-refractivity contribution in [2.45, 2.75) is 0 Å². The van der Waals surface area contributed by atoms with Crippen molar-refractivity contribution in [2.24, 2.45) is 0 Å². The van der Waals surface area contributed by atoms with E-state index >= 15 is 0 Å². The van der Waals surface area contributed by atoms with Crippen LogP contribution in [-0.2, 0) is 4.79 Å². The first-order valence-electron chi connectivity index (χ1n) is 10.2. The monoisotopic (exact) mass is 524 g/mol. The number of carbonyl (C=O) groups is 1. The third-order valence-corrected chi connectivity index (χ3v) is 6.91. The van der Waals surface area contributed by atoms with Crippen LogP contribution in [0.25, 0.3) is 38.2 Å². The zero-order valence-corrected chi connectivity index (χ0v) is 20.5. The molecule has 4 nitrogen and oxygen atoms in total. The minimum absolute atomic E-state index is 0.314. The van der Waals surface area contributed by atoms with Crippen LogP contribution in [0.4, 0.5) is 5.69 Å². The molecular formula is C26H15Cl3N2O2S. The van der Waals surface area contributed by atoms with Crippen molar-refractivity contribution in [3.05, 3.63) is 99.7 Å². The van der Waals surface area contributed by atoms with E-state index in [1.807, 2.05) is 30.3 Å². The Morgan fingerprint density at radius 3 is 2.50 bits per heavy atom. The van der Waals surface area contributed by atoms with Gasteiger partial charge in [-0.05, 0) is 66.7 Å². The molecule has 0 spiro atoms. The highest BCUT2D eigenvalue weighted by molar-refractivity contribution is 7.21. The summed E-state index contributed by atoms with van der Waals surface area (Å²) in [4.78, 5) is 17.1. The van der Waals surface area contributed by atoms with E-state index in [4.69, 9.17) is 39.2 Å². The van der Waals surface area contributed by atoms with Crippen molar-refractivity contribution in [3.63, 3.8) is 0 Å². The maximum Gasteiger partial charge on any atom is 0.248 e. The molecule has 2 heterocycles. The Balaban J connectivity index is 1.27. The third kappa shape index (κ3) is 4.88. The van der Waals surface area contributed by atoms with Gasteiger partial charge in [0, 0.05) is 27.9 Å². The van der Waals surface area contributed by atoms with E-state index < -0.39 is 0 Å². The Bertz CT molecular complexity index is 1520. The van der Waals surface area contributed by atoms with Gasteiger partial charge < -0.3 is 9.73 Å².